The molecule has 1 atom stereocenters. The molecule has 0 bridgehead atoms. The normalized spacial score (nSPS) is 12.2. The second-order valence-corrected chi connectivity index (χ2v) is 4.00. The molecule has 17 heavy (non-hydrogen) atoms. The van der Waals surface area contributed by atoms with E-state index in [0.717, 1.165) is 18.7 Å². The van der Waals surface area contributed by atoms with Crippen LogP contribution in [0, 0.1) is 17.6 Å². The van der Waals surface area contributed by atoms with Gasteiger partial charge in [-0.15, -0.1) is 0 Å². The Morgan fingerprint density at radius 3 is 2.59 bits per heavy atom. The predicted molar refractivity (Wildman–Crippen MR) is 61.8 cm³/mol. The number of amides is 1. The Labute approximate surface area is 99.2 Å². The van der Waals surface area contributed by atoms with Crippen LogP contribution < -0.4 is 10.6 Å². The topological polar surface area (TPSA) is 41.1 Å². The largest absolute Gasteiger partial charge is 0.352 e. The maximum atomic E-state index is 12.9. The molecule has 0 radical (unpaired) electrons. The molecule has 0 unspecified atom stereocenters. The van der Waals surface area contributed by atoms with Gasteiger partial charge >= 0.3 is 0 Å². The number of rotatable bonds is 5. The average Bonchev–Trinajstić information content (AvgIpc) is 2.30. The van der Waals surface area contributed by atoms with Crippen molar-refractivity contribution < 1.29 is 13.6 Å². The Balaban J connectivity index is 2.55. The van der Waals surface area contributed by atoms with Crippen LogP contribution in [-0.2, 0) is 0 Å². The number of benzene rings is 1. The molecule has 5 heteroatoms. The van der Waals surface area contributed by atoms with E-state index in [1.54, 1.807) is 0 Å². The van der Waals surface area contributed by atoms with Crippen molar-refractivity contribution in [3.63, 3.8) is 0 Å². The molecular formula is C12H16F2N2O. The van der Waals surface area contributed by atoms with Gasteiger partial charge in [-0.1, -0.05) is 6.92 Å². The fourth-order valence-corrected chi connectivity index (χ4v) is 1.43. The average molecular weight is 242 g/mol. The van der Waals surface area contributed by atoms with Gasteiger partial charge in [-0.25, -0.2) is 8.78 Å². The summed E-state index contributed by atoms with van der Waals surface area (Å²) >= 11 is 0. The van der Waals surface area contributed by atoms with Crippen molar-refractivity contribution in [1.82, 2.24) is 10.6 Å². The molecular weight excluding hydrogens is 226 g/mol. The minimum absolute atomic E-state index is 0.126. The molecule has 0 aliphatic heterocycles. The summed E-state index contributed by atoms with van der Waals surface area (Å²) in [7, 11) is 1.83. The van der Waals surface area contributed by atoms with Crippen LogP contribution in [0.4, 0.5) is 8.78 Å². The number of halogens is 2. The highest BCUT2D eigenvalue weighted by atomic mass is 19.2. The summed E-state index contributed by atoms with van der Waals surface area (Å²) in [4.78, 5) is 11.6. The summed E-state index contributed by atoms with van der Waals surface area (Å²) in [5.74, 6) is -2.09. The smallest absolute Gasteiger partial charge is 0.251 e. The lowest BCUT2D eigenvalue weighted by atomic mass is 10.1. The quantitative estimate of drug-likeness (QED) is 0.822. The first-order valence-corrected chi connectivity index (χ1v) is 5.42. The van der Waals surface area contributed by atoms with Crippen LogP contribution in [-0.4, -0.2) is 26.0 Å². The second kappa shape index (κ2) is 6.30. The van der Waals surface area contributed by atoms with Crippen LogP contribution in [0.3, 0.4) is 0 Å². The monoisotopic (exact) mass is 242 g/mol. The van der Waals surface area contributed by atoms with Crippen molar-refractivity contribution in [3.8, 4) is 0 Å². The van der Waals surface area contributed by atoms with Gasteiger partial charge in [0.25, 0.3) is 5.91 Å². The van der Waals surface area contributed by atoms with E-state index in [1.807, 2.05) is 14.0 Å². The summed E-state index contributed by atoms with van der Waals surface area (Å²) in [5.41, 5.74) is 0.126. The lowest BCUT2D eigenvalue weighted by molar-refractivity contribution is 0.0947. The van der Waals surface area contributed by atoms with Crippen molar-refractivity contribution in [2.75, 3.05) is 20.1 Å². The summed E-state index contributed by atoms with van der Waals surface area (Å²) < 4.78 is 25.6. The Morgan fingerprint density at radius 1 is 1.29 bits per heavy atom. The van der Waals surface area contributed by atoms with E-state index >= 15 is 0 Å². The SMILES string of the molecule is CNC[C@H](C)CNC(=O)c1ccc(F)c(F)c1. The van der Waals surface area contributed by atoms with Gasteiger partial charge in [0.05, 0.1) is 0 Å². The molecule has 2 N–H and O–H groups in total. The van der Waals surface area contributed by atoms with Gasteiger partial charge in [0.15, 0.2) is 11.6 Å². The molecule has 0 fully saturated rings. The highest BCUT2D eigenvalue weighted by Gasteiger charge is 2.10. The Hall–Kier alpha value is -1.49. The standard InChI is InChI=1S/C12H16F2N2O/c1-8(6-15-2)7-16-12(17)9-3-4-10(13)11(14)5-9/h3-5,8,15H,6-7H2,1-2H3,(H,16,17)/t8-/m0/s1. The second-order valence-electron chi connectivity index (χ2n) is 4.00. The number of nitrogens with one attached hydrogen (secondary N) is 2. The van der Waals surface area contributed by atoms with E-state index in [1.165, 1.54) is 6.07 Å². The van der Waals surface area contributed by atoms with Crippen molar-refractivity contribution in [2.45, 2.75) is 6.92 Å². The van der Waals surface area contributed by atoms with E-state index in [0.29, 0.717) is 6.54 Å². The molecule has 1 aromatic rings. The molecule has 1 rings (SSSR count). The highest BCUT2D eigenvalue weighted by molar-refractivity contribution is 5.94. The minimum Gasteiger partial charge on any atom is -0.352 e. The van der Waals surface area contributed by atoms with Gasteiger partial charge in [-0.05, 0) is 37.7 Å². The third-order valence-electron chi connectivity index (χ3n) is 2.35. The van der Waals surface area contributed by atoms with Crippen LogP contribution in [0.25, 0.3) is 0 Å². The zero-order chi connectivity index (χ0) is 12.8. The van der Waals surface area contributed by atoms with E-state index in [9.17, 15) is 13.6 Å². The third-order valence-corrected chi connectivity index (χ3v) is 2.35. The van der Waals surface area contributed by atoms with Crippen LogP contribution in [0.2, 0.25) is 0 Å². The fraction of sp³-hybridized carbons (Fsp3) is 0.417. The lowest BCUT2D eigenvalue weighted by Crippen LogP contribution is -2.32. The van der Waals surface area contributed by atoms with Crippen molar-refractivity contribution in [3.05, 3.63) is 35.4 Å². The first kappa shape index (κ1) is 13.6. The zero-order valence-electron chi connectivity index (χ0n) is 9.89. The maximum Gasteiger partial charge on any atom is 0.251 e. The molecule has 0 saturated heterocycles. The maximum absolute atomic E-state index is 12.9. The van der Waals surface area contributed by atoms with Gasteiger partial charge in [0.2, 0.25) is 0 Å². The van der Waals surface area contributed by atoms with Crippen LogP contribution in [0.1, 0.15) is 17.3 Å². The molecule has 0 aliphatic carbocycles. The van der Waals surface area contributed by atoms with Gasteiger partial charge in [-0.2, -0.15) is 0 Å². The first-order chi connectivity index (χ1) is 8.04. The summed E-state index contributed by atoms with van der Waals surface area (Å²) in [6.45, 7) is 3.23. The summed E-state index contributed by atoms with van der Waals surface area (Å²) in [5, 5.41) is 5.65. The molecule has 0 spiro atoms. The van der Waals surface area contributed by atoms with Gasteiger partial charge in [0, 0.05) is 12.1 Å². The summed E-state index contributed by atoms with van der Waals surface area (Å²) in [6, 6.07) is 3.10. The molecule has 1 aromatic carbocycles. The van der Waals surface area contributed by atoms with Crippen molar-refractivity contribution in [1.29, 1.82) is 0 Å². The van der Waals surface area contributed by atoms with E-state index < -0.39 is 17.5 Å². The van der Waals surface area contributed by atoms with Crippen molar-refractivity contribution >= 4 is 5.91 Å². The summed E-state index contributed by atoms with van der Waals surface area (Å²) in [6.07, 6.45) is 0. The molecule has 3 nitrogen and oxygen atoms in total. The number of hydrogen-bond donors (Lipinski definition) is 2. The van der Waals surface area contributed by atoms with Gasteiger partial charge in [0.1, 0.15) is 0 Å². The van der Waals surface area contributed by atoms with Gasteiger partial charge in [-0.3, -0.25) is 4.79 Å². The molecule has 94 valence electrons. The fourth-order valence-electron chi connectivity index (χ4n) is 1.43. The van der Waals surface area contributed by atoms with Crippen molar-refractivity contribution in [2.24, 2.45) is 5.92 Å². The van der Waals surface area contributed by atoms with Gasteiger partial charge < -0.3 is 10.6 Å². The number of hydrogen-bond acceptors (Lipinski definition) is 2. The van der Waals surface area contributed by atoms with Crippen LogP contribution in [0.5, 0.6) is 0 Å². The van der Waals surface area contributed by atoms with E-state index in [-0.39, 0.29) is 11.5 Å². The van der Waals surface area contributed by atoms with Crippen LogP contribution in [0.15, 0.2) is 18.2 Å². The van der Waals surface area contributed by atoms with Crippen LogP contribution >= 0.6 is 0 Å². The lowest BCUT2D eigenvalue weighted by Gasteiger charge is -2.11. The molecule has 0 saturated carbocycles. The third kappa shape index (κ3) is 4.11. The number of carbonyl (C=O) groups excluding carboxylic acids is 1. The molecule has 0 heterocycles. The molecule has 0 aromatic heterocycles. The Kier molecular flexibility index (Phi) is 5.03. The highest BCUT2D eigenvalue weighted by Crippen LogP contribution is 2.08. The first-order valence-electron chi connectivity index (χ1n) is 5.42. The van der Waals surface area contributed by atoms with E-state index in [2.05, 4.69) is 10.6 Å². The molecule has 0 aliphatic rings. The van der Waals surface area contributed by atoms with E-state index in [4.69, 9.17) is 0 Å². The Bertz CT molecular complexity index is 396. The predicted octanol–water partition coefficient (Wildman–Crippen LogP) is 1.55. The number of carbonyl (C=O) groups is 1. The zero-order valence-corrected chi connectivity index (χ0v) is 9.89. The Morgan fingerprint density at radius 2 is 2.00 bits per heavy atom. The minimum atomic E-state index is -1.01. The molecule has 1 amide bonds.